The third kappa shape index (κ3) is 3.26. The van der Waals surface area contributed by atoms with Crippen LogP contribution in [-0.4, -0.2) is 23.1 Å². The van der Waals surface area contributed by atoms with E-state index in [-0.39, 0.29) is 0 Å². The molecule has 1 saturated heterocycles. The molecule has 2 aromatic rings. The van der Waals surface area contributed by atoms with Crippen molar-refractivity contribution in [2.45, 2.75) is 19.3 Å². The standard InChI is InChI=1S/C15H18BrN5/c16-11-5-4-6-12(9-11)20-14-13(17)15(19-10-18-14)21-7-2-1-3-8-21/h4-6,9-10H,1-3,7-8,17H2,(H,18,19,20). The van der Waals surface area contributed by atoms with E-state index < -0.39 is 0 Å². The molecule has 3 rings (SSSR count). The summed E-state index contributed by atoms with van der Waals surface area (Å²) in [6.45, 7) is 2.02. The molecule has 6 heteroatoms. The highest BCUT2D eigenvalue weighted by molar-refractivity contribution is 9.10. The molecule has 0 aliphatic carbocycles. The van der Waals surface area contributed by atoms with E-state index in [2.05, 4.69) is 36.1 Å². The number of nitrogens with one attached hydrogen (secondary N) is 1. The first-order valence-electron chi connectivity index (χ1n) is 7.12. The first-order chi connectivity index (χ1) is 10.2. The van der Waals surface area contributed by atoms with E-state index in [1.165, 1.54) is 19.3 Å². The van der Waals surface area contributed by atoms with Gasteiger partial charge in [0.1, 0.15) is 12.0 Å². The largest absolute Gasteiger partial charge is 0.393 e. The number of hydrogen-bond acceptors (Lipinski definition) is 5. The average Bonchev–Trinajstić information content (AvgIpc) is 2.50. The zero-order chi connectivity index (χ0) is 14.7. The van der Waals surface area contributed by atoms with Gasteiger partial charge in [-0.2, -0.15) is 0 Å². The second-order valence-corrected chi connectivity index (χ2v) is 6.06. The Morgan fingerprint density at radius 1 is 1.14 bits per heavy atom. The zero-order valence-electron chi connectivity index (χ0n) is 11.7. The molecule has 0 atom stereocenters. The molecule has 5 nitrogen and oxygen atoms in total. The van der Waals surface area contributed by atoms with Crippen molar-refractivity contribution in [3.05, 3.63) is 35.1 Å². The number of nitrogens with two attached hydrogens (primary N) is 1. The van der Waals surface area contributed by atoms with Gasteiger partial charge in [-0.05, 0) is 37.5 Å². The summed E-state index contributed by atoms with van der Waals surface area (Å²) >= 11 is 3.46. The van der Waals surface area contributed by atoms with E-state index in [0.717, 1.165) is 29.1 Å². The minimum atomic E-state index is 0.611. The van der Waals surface area contributed by atoms with Crippen LogP contribution in [0.3, 0.4) is 0 Å². The lowest BCUT2D eigenvalue weighted by molar-refractivity contribution is 0.574. The van der Waals surface area contributed by atoms with Gasteiger partial charge in [0.05, 0.1) is 0 Å². The fraction of sp³-hybridized carbons (Fsp3) is 0.333. The van der Waals surface area contributed by atoms with Gasteiger partial charge in [-0.25, -0.2) is 9.97 Å². The molecule has 0 spiro atoms. The normalized spacial score (nSPS) is 15.0. The molecule has 21 heavy (non-hydrogen) atoms. The summed E-state index contributed by atoms with van der Waals surface area (Å²) in [6, 6.07) is 7.91. The average molecular weight is 348 g/mol. The molecule has 0 unspecified atom stereocenters. The smallest absolute Gasteiger partial charge is 0.159 e. The van der Waals surface area contributed by atoms with Crippen LogP contribution in [0.2, 0.25) is 0 Å². The van der Waals surface area contributed by atoms with Crippen LogP contribution in [0.1, 0.15) is 19.3 Å². The Balaban J connectivity index is 1.86. The lowest BCUT2D eigenvalue weighted by Crippen LogP contribution is -2.31. The molecule has 2 heterocycles. The quantitative estimate of drug-likeness (QED) is 0.888. The lowest BCUT2D eigenvalue weighted by atomic mass is 10.1. The highest BCUT2D eigenvalue weighted by atomic mass is 79.9. The highest BCUT2D eigenvalue weighted by Gasteiger charge is 2.17. The van der Waals surface area contributed by atoms with Crippen molar-refractivity contribution in [2.24, 2.45) is 0 Å². The van der Waals surface area contributed by atoms with Crippen molar-refractivity contribution in [2.75, 3.05) is 29.0 Å². The van der Waals surface area contributed by atoms with Crippen molar-refractivity contribution >= 4 is 38.9 Å². The van der Waals surface area contributed by atoms with E-state index in [1.807, 2.05) is 24.3 Å². The maximum Gasteiger partial charge on any atom is 0.159 e. The van der Waals surface area contributed by atoms with Gasteiger partial charge in [0.15, 0.2) is 11.6 Å². The zero-order valence-corrected chi connectivity index (χ0v) is 13.3. The Morgan fingerprint density at radius 2 is 1.95 bits per heavy atom. The van der Waals surface area contributed by atoms with Gasteiger partial charge in [0.2, 0.25) is 0 Å². The molecule has 0 amide bonds. The van der Waals surface area contributed by atoms with Crippen molar-refractivity contribution in [3.63, 3.8) is 0 Å². The van der Waals surface area contributed by atoms with Crippen LogP contribution < -0.4 is 16.0 Å². The van der Waals surface area contributed by atoms with E-state index >= 15 is 0 Å². The van der Waals surface area contributed by atoms with Crippen LogP contribution in [0.25, 0.3) is 0 Å². The molecule has 1 aliphatic heterocycles. The Kier molecular flexibility index (Phi) is 4.24. The number of aromatic nitrogens is 2. The molecule has 1 fully saturated rings. The van der Waals surface area contributed by atoms with Gasteiger partial charge >= 0.3 is 0 Å². The van der Waals surface area contributed by atoms with Gasteiger partial charge in [-0.3, -0.25) is 0 Å². The summed E-state index contributed by atoms with van der Waals surface area (Å²) in [5.41, 5.74) is 7.81. The van der Waals surface area contributed by atoms with Gasteiger partial charge in [0.25, 0.3) is 0 Å². The predicted molar refractivity (Wildman–Crippen MR) is 89.9 cm³/mol. The monoisotopic (exact) mass is 347 g/mol. The van der Waals surface area contributed by atoms with Crippen molar-refractivity contribution < 1.29 is 0 Å². The maximum atomic E-state index is 6.26. The van der Waals surface area contributed by atoms with Crippen LogP contribution >= 0.6 is 15.9 Å². The SMILES string of the molecule is Nc1c(Nc2cccc(Br)c2)ncnc1N1CCCCC1. The maximum absolute atomic E-state index is 6.26. The van der Waals surface area contributed by atoms with Crippen LogP contribution in [0.15, 0.2) is 35.1 Å². The molecular weight excluding hydrogens is 330 g/mol. The molecule has 0 bridgehead atoms. The van der Waals surface area contributed by atoms with Crippen LogP contribution in [0, 0.1) is 0 Å². The Morgan fingerprint density at radius 3 is 2.71 bits per heavy atom. The minimum absolute atomic E-state index is 0.611. The number of nitrogen functional groups attached to an aromatic ring is 1. The fourth-order valence-corrected chi connectivity index (χ4v) is 2.95. The summed E-state index contributed by atoms with van der Waals surface area (Å²) in [4.78, 5) is 10.9. The van der Waals surface area contributed by atoms with Crippen LogP contribution in [0.5, 0.6) is 0 Å². The summed E-state index contributed by atoms with van der Waals surface area (Å²) in [7, 11) is 0. The van der Waals surface area contributed by atoms with Crippen molar-refractivity contribution in [1.29, 1.82) is 0 Å². The second kappa shape index (κ2) is 6.30. The number of benzene rings is 1. The van der Waals surface area contributed by atoms with E-state index in [4.69, 9.17) is 5.73 Å². The lowest BCUT2D eigenvalue weighted by Gasteiger charge is -2.28. The van der Waals surface area contributed by atoms with Gasteiger partial charge < -0.3 is 16.0 Å². The molecular formula is C15H18BrN5. The van der Waals surface area contributed by atoms with Gasteiger partial charge in [-0.15, -0.1) is 0 Å². The van der Waals surface area contributed by atoms with Crippen LogP contribution in [0.4, 0.5) is 23.0 Å². The first-order valence-corrected chi connectivity index (χ1v) is 7.91. The third-order valence-electron chi connectivity index (χ3n) is 3.61. The molecule has 0 saturated carbocycles. The number of piperidine rings is 1. The Hall–Kier alpha value is -1.82. The topological polar surface area (TPSA) is 67.1 Å². The Bertz CT molecular complexity index is 625. The van der Waals surface area contributed by atoms with Crippen LogP contribution in [-0.2, 0) is 0 Å². The predicted octanol–water partition coefficient (Wildman–Crippen LogP) is 3.56. The third-order valence-corrected chi connectivity index (χ3v) is 4.10. The number of hydrogen-bond donors (Lipinski definition) is 2. The van der Waals surface area contributed by atoms with E-state index in [0.29, 0.717) is 11.5 Å². The molecule has 1 aliphatic rings. The fourth-order valence-electron chi connectivity index (χ4n) is 2.55. The highest BCUT2D eigenvalue weighted by Crippen LogP contribution is 2.30. The molecule has 1 aromatic heterocycles. The first kappa shape index (κ1) is 14.1. The number of halogens is 1. The van der Waals surface area contributed by atoms with Crippen molar-refractivity contribution in [1.82, 2.24) is 9.97 Å². The van der Waals surface area contributed by atoms with E-state index in [1.54, 1.807) is 6.33 Å². The molecule has 1 aromatic carbocycles. The minimum Gasteiger partial charge on any atom is -0.393 e. The Labute approximate surface area is 132 Å². The number of anilines is 4. The summed E-state index contributed by atoms with van der Waals surface area (Å²) in [6.07, 6.45) is 5.24. The second-order valence-electron chi connectivity index (χ2n) is 5.14. The van der Waals surface area contributed by atoms with Crippen molar-refractivity contribution in [3.8, 4) is 0 Å². The molecule has 3 N–H and O–H groups in total. The van der Waals surface area contributed by atoms with Gasteiger partial charge in [-0.1, -0.05) is 22.0 Å². The molecule has 0 radical (unpaired) electrons. The summed E-state index contributed by atoms with van der Waals surface area (Å²) in [5, 5.41) is 3.26. The number of nitrogens with zero attached hydrogens (tertiary/aromatic N) is 3. The van der Waals surface area contributed by atoms with Gasteiger partial charge in [0, 0.05) is 23.2 Å². The summed E-state index contributed by atoms with van der Waals surface area (Å²) in [5.74, 6) is 1.49. The summed E-state index contributed by atoms with van der Waals surface area (Å²) < 4.78 is 1.01. The van der Waals surface area contributed by atoms with E-state index in [9.17, 15) is 0 Å². The molecule has 110 valence electrons. The number of rotatable bonds is 3.